The van der Waals surface area contributed by atoms with E-state index in [1.165, 1.54) is 18.5 Å². The van der Waals surface area contributed by atoms with Gasteiger partial charge < -0.3 is 9.84 Å². The fourth-order valence-electron chi connectivity index (χ4n) is 2.09. The lowest BCUT2D eigenvalue weighted by Crippen LogP contribution is -2.02. The average molecular weight is 292 g/mol. The van der Waals surface area contributed by atoms with Crippen molar-refractivity contribution < 1.29 is 14.6 Å². The van der Waals surface area contributed by atoms with Gasteiger partial charge in [0.2, 0.25) is 0 Å². The first-order chi connectivity index (χ1) is 10.8. The number of para-hydroxylation sites is 1. The van der Waals surface area contributed by atoms with E-state index in [1.807, 2.05) is 30.3 Å². The molecular formula is C17H12N2O3. The van der Waals surface area contributed by atoms with Gasteiger partial charge in [0.15, 0.2) is 5.75 Å². The summed E-state index contributed by atoms with van der Waals surface area (Å²) in [5, 5.41) is 9.39. The third-order valence-electron chi connectivity index (χ3n) is 3.07. The number of carboxylic acid groups (broad SMARTS) is 1. The van der Waals surface area contributed by atoms with Crippen molar-refractivity contribution in [2.24, 2.45) is 0 Å². The molecule has 3 rings (SSSR count). The second kappa shape index (κ2) is 6.05. The van der Waals surface area contributed by atoms with Gasteiger partial charge in [0.1, 0.15) is 5.56 Å². The molecule has 0 bridgehead atoms. The standard InChI is InChI=1S/C17H12N2O3/c20-16(21)14-9-4-8-13(12-6-2-1-3-7-12)15(14)22-17-18-10-5-11-19-17/h1-11H,(H,20,21). The molecule has 0 atom stereocenters. The quantitative estimate of drug-likeness (QED) is 0.795. The van der Waals surface area contributed by atoms with Gasteiger partial charge in [-0.1, -0.05) is 42.5 Å². The first-order valence-electron chi connectivity index (χ1n) is 6.62. The molecule has 0 amide bonds. The highest BCUT2D eigenvalue weighted by Gasteiger charge is 2.18. The maximum atomic E-state index is 11.5. The van der Waals surface area contributed by atoms with Crippen LogP contribution in [0.2, 0.25) is 0 Å². The summed E-state index contributed by atoms with van der Waals surface area (Å²) in [6.07, 6.45) is 3.07. The molecule has 0 aliphatic rings. The van der Waals surface area contributed by atoms with Gasteiger partial charge in [-0.25, -0.2) is 14.8 Å². The molecule has 1 heterocycles. The zero-order valence-electron chi connectivity index (χ0n) is 11.5. The van der Waals surface area contributed by atoms with Gasteiger partial charge in [-0.15, -0.1) is 0 Å². The summed E-state index contributed by atoms with van der Waals surface area (Å²) < 4.78 is 5.65. The van der Waals surface area contributed by atoms with Crippen LogP contribution < -0.4 is 4.74 Å². The molecule has 0 spiro atoms. The maximum Gasteiger partial charge on any atom is 0.339 e. The Balaban J connectivity index is 2.14. The van der Waals surface area contributed by atoms with Gasteiger partial charge in [0, 0.05) is 18.0 Å². The van der Waals surface area contributed by atoms with E-state index in [2.05, 4.69) is 9.97 Å². The number of nitrogens with zero attached hydrogens (tertiary/aromatic N) is 2. The topological polar surface area (TPSA) is 72.3 Å². The lowest BCUT2D eigenvalue weighted by Gasteiger charge is -2.12. The summed E-state index contributed by atoms with van der Waals surface area (Å²) in [5.41, 5.74) is 1.60. The van der Waals surface area contributed by atoms with Crippen LogP contribution in [-0.4, -0.2) is 21.0 Å². The van der Waals surface area contributed by atoms with E-state index in [0.29, 0.717) is 5.56 Å². The molecule has 1 N–H and O–H groups in total. The number of rotatable bonds is 4. The van der Waals surface area contributed by atoms with Crippen molar-refractivity contribution >= 4 is 5.97 Å². The Labute approximate surface area is 126 Å². The molecule has 3 aromatic rings. The highest BCUT2D eigenvalue weighted by atomic mass is 16.5. The molecule has 5 nitrogen and oxygen atoms in total. The van der Waals surface area contributed by atoms with Crippen LogP contribution >= 0.6 is 0 Å². The number of benzene rings is 2. The summed E-state index contributed by atoms with van der Waals surface area (Å²) in [5.74, 6) is -0.837. The van der Waals surface area contributed by atoms with Crippen molar-refractivity contribution in [3.63, 3.8) is 0 Å². The largest absolute Gasteiger partial charge is 0.478 e. The summed E-state index contributed by atoms with van der Waals surface area (Å²) in [7, 11) is 0. The van der Waals surface area contributed by atoms with Gasteiger partial charge in [-0.3, -0.25) is 0 Å². The van der Waals surface area contributed by atoms with Crippen molar-refractivity contribution in [2.75, 3.05) is 0 Å². The molecule has 0 saturated carbocycles. The van der Waals surface area contributed by atoms with Crippen LogP contribution in [0, 0.1) is 0 Å². The van der Waals surface area contributed by atoms with Crippen LogP contribution in [0.3, 0.4) is 0 Å². The highest BCUT2D eigenvalue weighted by Crippen LogP contribution is 2.35. The Morgan fingerprint density at radius 1 is 0.909 bits per heavy atom. The van der Waals surface area contributed by atoms with E-state index in [9.17, 15) is 9.90 Å². The van der Waals surface area contributed by atoms with E-state index in [1.54, 1.807) is 18.2 Å². The van der Waals surface area contributed by atoms with Gasteiger partial charge >= 0.3 is 12.0 Å². The SMILES string of the molecule is O=C(O)c1cccc(-c2ccccc2)c1Oc1ncccn1. The van der Waals surface area contributed by atoms with Crippen molar-refractivity contribution in [1.29, 1.82) is 0 Å². The van der Waals surface area contributed by atoms with Crippen LogP contribution in [0.1, 0.15) is 10.4 Å². The number of ether oxygens (including phenoxy) is 1. The van der Waals surface area contributed by atoms with Crippen molar-refractivity contribution in [3.8, 4) is 22.9 Å². The summed E-state index contributed by atoms with van der Waals surface area (Å²) in [4.78, 5) is 19.4. The number of carbonyl (C=O) groups is 1. The number of hydrogen-bond donors (Lipinski definition) is 1. The fraction of sp³-hybridized carbons (Fsp3) is 0. The van der Waals surface area contributed by atoms with Crippen LogP contribution in [0.25, 0.3) is 11.1 Å². The molecule has 0 aliphatic heterocycles. The van der Waals surface area contributed by atoms with Crippen molar-refractivity contribution in [3.05, 3.63) is 72.6 Å². The highest BCUT2D eigenvalue weighted by molar-refractivity contribution is 5.94. The molecule has 1 aromatic heterocycles. The van der Waals surface area contributed by atoms with Crippen LogP contribution in [0.4, 0.5) is 0 Å². The maximum absolute atomic E-state index is 11.5. The molecule has 22 heavy (non-hydrogen) atoms. The van der Waals surface area contributed by atoms with Crippen LogP contribution in [0.15, 0.2) is 67.0 Å². The minimum absolute atomic E-state index is 0.0637. The number of aromatic carboxylic acids is 1. The lowest BCUT2D eigenvalue weighted by molar-refractivity contribution is 0.0694. The second-order valence-corrected chi connectivity index (χ2v) is 4.49. The molecule has 0 aliphatic carbocycles. The molecule has 0 unspecified atom stereocenters. The predicted octanol–water partition coefficient (Wildman–Crippen LogP) is 3.63. The molecular weight excluding hydrogens is 280 g/mol. The number of hydrogen-bond acceptors (Lipinski definition) is 4. The van der Waals surface area contributed by atoms with E-state index < -0.39 is 5.97 Å². The van der Waals surface area contributed by atoms with E-state index in [0.717, 1.165) is 5.56 Å². The second-order valence-electron chi connectivity index (χ2n) is 4.49. The van der Waals surface area contributed by atoms with Gasteiger partial charge in [-0.2, -0.15) is 0 Å². The molecule has 108 valence electrons. The first kappa shape index (κ1) is 13.8. The summed E-state index contributed by atoms with van der Waals surface area (Å²) in [6.45, 7) is 0. The van der Waals surface area contributed by atoms with Crippen molar-refractivity contribution in [1.82, 2.24) is 9.97 Å². The van der Waals surface area contributed by atoms with Gasteiger partial charge in [0.05, 0.1) is 0 Å². The average Bonchev–Trinajstić information content (AvgIpc) is 2.56. The van der Waals surface area contributed by atoms with Gasteiger partial charge in [0.25, 0.3) is 0 Å². The third-order valence-corrected chi connectivity index (χ3v) is 3.07. The van der Waals surface area contributed by atoms with Gasteiger partial charge in [-0.05, 0) is 17.7 Å². The predicted molar refractivity (Wildman–Crippen MR) is 80.9 cm³/mol. The minimum atomic E-state index is -1.07. The monoisotopic (exact) mass is 292 g/mol. The fourth-order valence-corrected chi connectivity index (χ4v) is 2.09. The Bertz CT molecular complexity index is 790. The van der Waals surface area contributed by atoms with E-state index in [4.69, 9.17) is 4.74 Å². The Hall–Kier alpha value is -3.21. The summed E-state index contributed by atoms with van der Waals surface area (Å²) >= 11 is 0. The first-order valence-corrected chi connectivity index (χ1v) is 6.62. The Morgan fingerprint density at radius 2 is 1.64 bits per heavy atom. The molecule has 5 heteroatoms. The summed E-state index contributed by atoms with van der Waals surface area (Å²) in [6, 6.07) is 16.2. The number of carboxylic acids is 1. The van der Waals surface area contributed by atoms with Crippen LogP contribution in [-0.2, 0) is 0 Å². The third kappa shape index (κ3) is 2.78. The number of aromatic nitrogens is 2. The normalized spacial score (nSPS) is 10.2. The smallest absolute Gasteiger partial charge is 0.339 e. The van der Waals surface area contributed by atoms with E-state index >= 15 is 0 Å². The Kier molecular flexibility index (Phi) is 3.78. The van der Waals surface area contributed by atoms with E-state index in [-0.39, 0.29) is 17.3 Å². The minimum Gasteiger partial charge on any atom is -0.478 e. The molecule has 0 saturated heterocycles. The lowest BCUT2D eigenvalue weighted by atomic mass is 10.0. The zero-order valence-corrected chi connectivity index (χ0v) is 11.5. The zero-order chi connectivity index (χ0) is 15.4. The Morgan fingerprint density at radius 3 is 2.32 bits per heavy atom. The van der Waals surface area contributed by atoms with Crippen LogP contribution in [0.5, 0.6) is 11.8 Å². The molecule has 0 radical (unpaired) electrons. The van der Waals surface area contributed by atoms with Crippen molar-refractivity contribution in [2.45, 2.75) is 0 Å². The molecule has 0 fully saturated rings. The molecule has 2 aromatic carbocycles.